The fourth-order valence-electron chi connectivity index (χ4n) is 3.43. The minimum absolute atomic E-state index is 0.0450. The Labute approximate surface area is 192 Å². The molecule has 1 aromatic carbocycles. The van der Waals surface area contributed by atoms with Crippen molar-refractivity contribution in [3.8, 4) is 5.75 Å². The first-order valence-corrected chi connectivity index (χ1v) is 11.8. The lowest BCUT2D eigenvalue weighted by atomic mass is 10.2. The SMILES string of the molecule is COc1ccc(NC(=O)c2nnc(COCC(=O)NCCCN3CCCCCC3)s2)cc1. The minimum Gasteiger partial charge on any atom is -0.497 e. The number of methoxy groups -OCH3 is 1. The van der Waals surface area contributed by atoms with Crippen LogP contribution in [0.3, 0.4) is 0 Å². The number of amides is 2. The summed E-state index contributed by atoms with van der Waals surface area (Å²) < 4.78 is 10.5. The Morgan fingerprint density at radius 3 is 2.56 bits per heavy atom. The van der Waals surface area contributed by atoms with Crippen molar-refractivity contribution in [2.75, 3.05) is 45.2 Å². The largest absolute Gasteiger partial charge is 0.497 e. The zero-order valence-electron chi connectivity index (χ0n) is 18.5. The Morgan fingerprint density at radius 1 is 1.09 bits per heavy atom. The van der Waals surface area contributed by atoms with E-state index in [1.807, 2.05) is 0 Å². The molecule has 3 rings (SSSR count). The third-order valence-corrected chi connectivity index (χ3v) is 6.04. The average Bonchev–Trinajstić information content (AvgIpc) is 3.12. The van der Waals surface area contributed by atoms with Crippen LogP contribution in [-0.4, -0.2) is 66.8 Å². The van der Waals surface area contributed by atoms with Crippen molar-refractivity contribution in [3.63, 3.8) is 0 Å². The third-order valence-electron chi connectivity index (χ3n) is 5.14. The minimum atomic E-state index is -0.346. The van der Waals surface area contributed by atoms with Gasteiger partial charge in [0.25, 0.3) is 5.91 Å². The lowest BCUT2D eigenvalue weighted by Gasteiger charge is -2.19. The van der Waals surface area contributed by atoms with E-state index in [9.17, 15) is 9.59 Å². The zero-order chi connectivity index (χ0) is 22.6. The molecule has 0 bridgehead atoms. The molecule has 9 nitrogen and oxygen atoms in total. The molecule has 32 heavy (non-hydrogen) atoms. The van der Waals surface area contributed by atoms with Gasteiger partial charge in [0, 0.05) is 12.2 Å². The van der Waals surface area contributed by atoms with E-state index in [-0.39, 0.29) is 30.0 Å². The topological polar surface area (TPSA) is 106 Å². The monoisotopic (exact) mass is 461 g/mol. The summed E-state index contributed by atoms with van der Waals surface area (Å²) in [7, 11) is 1.58. The van der Waals surface area contributed by atoms with Gasteiger partial charge in [0.15, 0.2) is 0 Å². The molecular formula is C22H31N5O4S. The lowest BCUT2D eigenvalue weighted by molar-refractivity contribution is -0.126. The second-order valence-corrected chi connectivity index (χ2v) is 8.70. The van der Waals surface area contributed by atoms with E-state index < -0.39 is 0 Å². The van der Waals surface area contributed by atoms with Crippen molar-refractivity contribution in [1.29, 1.82) is 0 Å². The number of likely N-dealkylation sites (tertiary alicyclic amines) is 1. The third kappa shape index (κ3) is 8.18. The number of rotatable bonds is 11. The van der Waals surface area contributed by atoms with Crippen LogP contribution in [0.5, 0.6) is 5.75 Å². The summed E-state index contributed by atoms with van der Waals surface area (Å²) in [6, 6.07) is 7.01. The summed E-state index contributed by atoms with van der Waals surface area (Å²) in [5.41, 5.74) is 0.635. The van der Waals surface area contributed by atoms with Crippen LogP contribution in [0, 0.1) is 0 Å². The first-order chi connectivity index (χ1) is 15.6. The van der Waals surface area contributed by atoms with E-state index in [4.69, 9.17) is 9.47 Å². The molecule has 2 aromatic rings. The highest BCUT2D eigenvalue weighted by molar-refractivity contribution is 7.13. The van der Waals surface area contributed by atoms with E-state index in [1.54, 1.807) is 31.4 Å². The highest BCUT2D eigenvalue weighted by Gasteiger charge is 2.14. The van der Waals surface area contributed by atoms with Gasteiger partial charge in [-0.05, 0) is 63.2 Å². The molecule has 174 valence electrons. The Bertz CT molecular complexity index is 850. The van der Waals surface area contributed by atoms with E-state index in [2.05, 4.69) is 25.7 Å². The average molecular weight is 462 g/mol. The number of nitrogens with zero attached hydrogens (tertiary/aromatic N) is 3. The number of hydrogen-bond acceptors (Lipinski definition) is 8. The molecule has 1 saturated heterocycles. The number of ether oxygens (including phenoxy) is 2. The molecule has 0 spiro atoms. The first-order valence-electron chi connectivity index (χ1n) is 11.0. The molecule has 1 aromatic heterocycles. The molecule has 2 amide bonds. The van der Waals surface area contributed by atoms with Crippen molar-refractivity contribution < 1.29 is 19.1 Å². The molecular weight excluding hydrogens is 430 g/mol. The molecule has 0 saturated carbocycles. The zero-order valence-corrected chi connectivity index (χ0v) is 19.3. The van der Waals surface area contributed by atoms with Crippen molar-refractivity contribution in [1.82, 2.24) is 20.4 Å². The van der Waals surface area contributed by atoms with Crippen LogP contribution < -0.4 is 15.4 Å². The van der Waals surface area contributed by atoms with E-state index in [1.165, 1.54) is 38.8 Å². The van der Waals surface area contributed by atoms with Gasteiger partial charge in [-0.15, -0.1) is 10.2 Å². The lowest BCUT2D eigenvalue weighted by Crippen LogP contribution is -2.32. The van der Waals surface area contributed by atoms with Gasteiger partial charge in [-0.2, -0.15) is 0 Å². The van der Waals surface area contributed by atoms with Gasteiger partial charge in [-0.3, -0.25) is 9.59 Å². The molecule has 0 aliphatic carbocycles. The van der Waals surface area contributed by atoms with Crippen LogP contribution in [0.4, 0.5) is 5.69 Å². The number of hydrogen-bond donors (Lipinski definition) is 2. The quantitative estimate of drug-likeness (QED) is 0.496. The Balaban J connectivity index is 1.30. The van der Waals surface area contributed by atoms with Gasteiger partial charge in [-0.1, -0.05) is 24.2 Å². The Hall–Kier alpha value is -2.56. The summed E-state index contributed by atoms with van der Waals surface area (Å²) in [6.07, 6.45) is 6.14. The molecule has 0 atom stereocenters. The summed E-state index contributed by atoms with van der Waals surface area (Å²) in [5, 5.41) is 14.3. The van der Waals surface area contributed by atoms with Gasteiger partial charge < -0.3 is 25.0 Å². The standard InChI is InChI=1S/C22H31N5O4S/c1-30-18-9-7-17(8-10-18)24-21(29)22-26-25-20(32-22)16-31-15-19(28)23-11-6-14-27-12-4-2-3-5-13-27/h7-10H,2-6,11-16H2,1H3,(H,23,28)(H,24,29). The summed E-state index contributed by atoms with van der Waals surface area (Å²) in [5.74, 6) is 0.212. The van der Waals surface area contributed by atoms with Crippen LogP contribution >= 0.6 is 11.3 Å². The van der Waals surface area contributed by atoms with Crippen molar-refractivity contribution in [2.24, 2.45) is 0 Å². The highest BCUT2D eigenvalue weighted by Crippen LogP contribution is 2.17. The number of nitrogens with one attached hydrogen (secondary N) is 2. The molecule has 2 heterocycles. The maximum absolute atomic E-state index is 12.3. The highest BCUT2D eigenvalue weighted by atomic mass is 32.1. The van der Waals surface area contributed by atoms with Crippen LogP contribution in [0.1, 0.15) is 46.9 Å². The number of anilines is 1. The molecule has 0 unspecified atom stereocenters. The van der Waals surface area contributed by atoms with Gasteiger partial charge in [-0.25, -0.2) is 0 Å². The molecule has 1 aliphatic rings. The molecule has 0 radical (unpaired) electrons. The predicted octanol–water partition coefficient (Wildman–Crippen LogP) is 2.70. The fraction of sp³-hybridized carbons (Fsp3) is 0.545. The van der Waals surface area contributed by atoms with Gasteiger partial charge in [0.2, 0.25) is 10.9 Å². The Kier molecular flexibility index (Phi) is 9.86. The molecule has 1 aliphatic heterocycles. The van der Waals surface area contributed by atoms with Crippen LogP contribution in [0.25, 0.3) is 0 Å². The second-order valence-electron chi connectivity index (χ2n) is 7.64. The van der Waals surface area contributed by atoms with Crippen LogP contribution in [-0.2, 0) is 16.1 Å². The number of benzene rings is 1. The molecule has 1 fully saturated rings. The molecule has 2 N–H and O–H groups in total. The van der Waals surface area contributed by atoms with E-state index in [0.29, 0.717) is 23.0 Å². The van der Waals surface area contributed by atoms with Crippen molar-refractivity contribution in [3.05, 3.63) is 34.3 Å². The number of carbonyl (C=O) groups is 2. The summed E-state index contributed by atoms with van der Waals surface area (Å²) in [4.78, 5) is 26.7. The number of carbonyl (C=O) groups excluding carboxylic acids is 2. The fourth-order valence-corrected chi connectivity index (χ4v) is 4.11. The van der Waals surface area contributed by atoms with Crippen LogP contribution in [0.2, 0.25) is 0 Å². The maximum Gasteiger partial charge on any atom is 0.286 e. The summed E-state index contributed by atoms with van der Waals surface area (Å²) >= 11 is 1.14. The second kappa shape index (κ2) is 13.1. The first kappa shape index (κ1) is 24.1. The predicted molar refractivity (Wildman–Crippen MR) is 123 cm³/mol. The maximum atomic E-state index is 12.3. The van der Waals surface area contributed by atoms with Crippen LogP contribution in [0.15, 0.2) is 24.3 Å². The smallest absolute Gasteiger partial charge is 0.286 e. The van der Waals surface area contributed by atoms with E-state index >= 15 is 0 Å². The normalized spacial score (nSPS) is 14.5. The van der Waals surface area contributed by atoms with Crippen molar-refractivity contribution >= 4 is 28.8 Å². The number of aromatic nitrogens is 2. The molecule has 10 heteroatoms. The van der Waals surface area contributed by atoms with Crippen molar-refractivity contribution in [2.45, 2.75) is 38.7 Å². The van der Waals surface area contributed by atoms with Gasteiger partial charge in [0.1, 0.15) is 24.0 Å². The Morgan fingerprint density at radius 2 is 1.84 bits per heavy atom. The van der Waals surface area contributed by atoms with Gasteiger partial charge >= 0.3 is 0 Å². The summed E-state index contributed by atoms with van der Waals surface area (Å²) in [6.45, 7) is 4.09. The van der Waals surface area contributed by atoms with E-state index in [0.717, 1.165) is 24.3 Å². The van der Waals surface area contributed by atoms with Gasteiger partial charge in [0.05, 0.1) is 7.11 Å².